The van der Waals surface area contributed by atoms with E-state index in [1.165, 1.54) is 0 Å². The van der Waals surface area contributed by atoms with Gasteiger partial charge in [-0.3, -0.25) is 4.79 Å². The molecule has 1 unspecified atom stereocenters. The van der Waals surface area contributed by atoms with Crippen molar-refractivity contribution >= 4 is 24.1 Å². The molecule has 0 aliphatic rings. The number of nitrogens with one attached hydrogen (secondary N) is 1. The third-order valence-corrected chi connectivity index (χ3v) is 4.85. The van der Waals surface area contributed by atoms with Crippen molar-refractivity contribution in [3.8, 4) is 5.82 Å². The van der Waals surface area contributed by atoms with Gasteiger partial charge in [0.2, 0.25) is 0 Å². The van der Waals surface area contributed by atoms with Gasteiger partial charge in [-0.1, -0.05) is 19.1 Å². The van der Waals surface area contributed by atoms with Gasteiger partial charge in [0.1, 0.15) is 12.5 Å². The molecule has 0 saturated heterocycles. The van der Waals surface area contributed by atoms with Gasteiger partial charge in [-0.2, -0.15) is 5.10 Å². The molecule has 1 atom stereocenters. The lowest BCUT2D eigenvalue weighted by Crippen LogP contribution is -2.05. The van der Waals surface area contributed by atoms with Crippen LogP contribution in [0.1, 0.15) is 36.6 Å². The second kappa shape index (κ2) is 9.03. The maximum absolute atomic E-state index is 11.2. The van der Waals surface area contributed by atoms with Crippen molar-refractivity contribution in [1.29, 1.82) is 0 Å². The summed E-state index contributed by atoms with van der Waals surface area (Å²) in [5, 5.41) is 7.84. The maximum atomic E-state index is 11.2. The van der Waals surface area contributed by atoms with Gasteiger partial charge >= 0.3 is 0 Å². The molecule has 0 amide bonds. The molecule has 6 nitrogen and oxygen atoms in total. The minimum absolute atomic E-state index is 0.112. The predicted molar refractivity (Wildman–Crippen MR) is 112 cm³/mol. The fourth-order valence-electron chi connectivity index (χ4n) is 2.93. The van der Waals surface area contributed by atoms with Crippen LogP contribution in [0.4, 0.5) is 5.69 Å². The van der Waals surface area contributed by atoms with E-state index in [9.17, 15) is 4.79 Å². The average molecular weight is 397 g/mol. The van der Waals surface area contributed by atoms with Gasteiger partial charge in [0, 0.05) is 42.4 Å². The monoisotopic (exact) mass is 396 g/mol. The number of hydrogen-bond acceptors (Lipinski definition) is 6. The van der Waals surface area contributed by atoms with Gasteiger partial charge in [0.05, 0.1) is 5.69 Å². The highest BCUT2D eigenvalue weighted by Gasteiger charge is 2.14. The number of benzene rings is 1. The van der Waals surface area contributed by atoms with E-state index in [2.05, 4.69) is 41.0 Å². The van der Waals surface area contributed by atoms with Crippen molar-refractivity contribution in [1.82, 2.24) is 14.8 Å². The van der Waals surface area contributed by atoms with E-state index in [4.69, 9.17) is 4.74 Å². The molecular formula is C21H24N4O2S. The number of carbonyl (C=O) groups is 1. The number of anilines is 1. The minimum atomic E-state index is 0.112. The van der Waals surface area contributed by atoms with Crippen LogP contribution in [0.15, 0.2) is 53.7 Å². The zero-order chi connectivity index (χ0) is 20.1. The first-order valence-electron chi connectivity index (χ1n) is 9.04. The van der Waals surface area contributed by atoms with Gasteiger partial charge in [-0.05, 0) is 42.3 Å². The molecule has 0 bridgehead atoms. The molecule has 28 heavy (non-hydrogen) atoms. The fraction of sp³-hybridized carbons (Fsp3) is 0.286. The molecule has 1 aromatic carbocycles. The molecule has 3 aromatic rings. The van der Waals surface area contributed by atoms with E-state index in [-0.39, 0.29) is 11.7 Å². The SMILES string of the molecule is COCNc1ccc(C(C)c2ccn(-c3ccc(CC(C)=O)cn3)n2)cc1S. The summed E-state index contributed by atoms with van der Waals surface area (Å²) in [6.07, 6.45) is 4.02. The molecule has 0 radical (unpaired) electrons. The average Bonchev–Trinajstić information content (AvgIpc) is 3.16. The smallest absolute Gasteiger partial charge is 0.153 e. The summed E-state index contributed by atoms with van der Waals surface area (Å²) in [5.74, 6) is 0.956. The Balaban J connectivity index is 1.76. The van der Waals surface area contributed by atoms with Crippen LogP contribution in [0.3, 0.4) is 0 Å². The molecule has 0 fully saturated rings. The molecule has 0 spiro atoms. The topological polar surface area (TPSA) is 69.0 Å². The number of ketones is 1. The van der Waals surface area contributed by atoms with Gasteiger partial charge < -0.3 is 10.1 Å². The number of hydrogen-bond donors (Lipinski definition) is 2. The van der Waals surface area contributed by atoms with Crippen LogP contribution in [0, 0.1) is 0 Å². The van der Waals surface area contributed by atoms with E-state index in [0.29, 0.717) is 13.2 Å². The standard InChI is InChI=1S/C21H24N4O2S/c1-14(26)10-16-4-7-21(22-12-16)25-9-8-18(24-25)15(2)17-5-6-19(20(28)11-17)23-13-27-3/h4-9,11-12,15,23,28H,10,13H2,1-3H3. The van der Waals surface area contributed by atoms with Gasteiger partial charge in [0.15, 0.2) is 5.82 Å². The number of rotatable bonds is 8. The highest BCUT2D eigenvalue weighted by molar-refractivity contribution is 7.80. The Bertz CT molecular complexity index is 953. The number of Topliss-reactive ketones (excluding diaryl/α,β-unsaturated/α-hetero) is 1. The number of ether oxygens (including phenoxy) is 1. The third-order valence-electron chi connectivity index (χ3n) is 4.48. The van der Waals surface area contributed by atoms with Crippen molar-refractivity contribution < 1.29 is 9.53 Å². The van der Waals surface area contributed by atoms with Crippen molar-refractivity contribution in [2.75, 3.05) is 19.2 Å². The molecule has 2 heterocycles. The quantitative estimate of drug-likeness (QED) is 0.447. The largest absolute Gasteiger partial charge is 0.365 e. The number of methoxy groups -OCH3 is 1. The molecule has 3 rings (SSSR count). The first-order chi connectivity index (χ1) is 13.5. The summed E-state index contributed by atoms with van der Waals surface area (Å²) in [6.45, 7) is 4.12. The van der Waals surface area contributed by atoms with Gasteiger partial charge in [-0.15, -0.1) is 12.6 Å². The lowest BCUT2D eigenvalue weighted by molar-refractivity contribution is -0.116. The van der Waals surface area contributed by atoms with Gasteiger partial charge in [-0.25, -0.2) is 9.67 Å². The highest BCUT2D eigenvalue weighted by Crippen LogP contribution is 2.29. The number of pyridine rings is 1. The van der Waals surface area contributed by atoms with Gasteiger partial charge in [0.25, 0.3) is 0 Å². The number of nitrogens with zero attached hydrogens (tertiary/aromatic N) is 3. The molecule has 0 saturated carbocycles. The van der Waals surface area contributed by atoms with E-state index >= 15 is 0 Å². The number of aromatic nitrogens is 3. The number of thiol groups is 1. The van der Waals surface area contributed by atoms with Crippen LogP contribution < -0.4 is 5.32 Å². The van der Waals surface area contributed by atoms with Crippen molar-refractivity contribution in [2.24, 2.45) is 0 Å². The van der Waals surface area contributed by atoms with Crippen molar-refractivity contribution in [2.45, 2.75) is 31.1 Å². The Labute approximate surface area is 170 Å². The first-order valence-corrected chi connectivity index (χ1v) is 9.48. The summed E-state index contributed by atoms with van der Waals surface area (Å²) < 4.78 is 6.79. The Hall–Kier alpha value is -2.64. The Morgan fingerprint density at radius 1 is 1.29 bits per heavy atom. The lowest BCUT2D eigenvalue weighted by Gasteiger charge is -2.13. The minimum Gasteiger partial charge on any atom is -0.365 e. The van der Waals surface area contributed by atoms with E-state index < -0.39 is 0 Å². The molecule has 0 aliphatic carbocycles. The summed E-state index contributed by atoms with van der Waals surface area (Å²) >= 11 is 4.57. The molecule has 2 aromatic heterocycles. The fourth-order valence-corrected chi connectivity index (χ4v) is 3.23. The summed E-state index contributed by atoms with van der Waals surface area (Å²) in [5.41, 5.74) is 3.91. The van der Waals surface area contributed by atoms with Crippen LogP contribution in [-0.2, 0) is 16.0 Å². The van der Waals surface area contributed by atoms with E-state index in [0.717, 1.165) is 33.2 Å². The van der Waals surface area contributed by atoms with Crippen LogP contribution in [0.5, 0.6) is 0 Å². The Morgan fingerprint density at radius 3 is 2.75 bits per heavy atom. The Kier molecular flexibility index (Phi) is 6.49. The molecule has 1 N–H and O–H groups in total. The first kappa shape index (κ1) is 20.1. The number of carbonyl (C=O) groups excluding carboxylic acids is 1. The highest BCUT2D eigenvalue weighted by atomic mass is 32.1. The predicted octanol–water partition coefficient (Wildman–Crippen LogP) is 3.86. The van der Waals surface area contributed by atoms with Crippen LogP contribution in [0.25, 0.3) is 5.82 Å². The zero-order valence-corrected chi connectivity index (χ0v) is 17.1. The van der Waals surface area contributed by atoms with Crippen LogP contribution >= 0.6 is 12.6 Å². The van der Waals surface area contributed by atoms with E-state index in [1.54, 1.807) is 24.9 Å². The second-order valence-corrected chi connectivity index (χ2v) is 7.18. The van der Waals surface area contributed by atoms with E-state index in [1.807, 2.05) is 36.5 Å². The molecule has 0 aliphatic heterocycles. The van der Waals surface area contributed by atoms with Crippen molar-refractivity contribution in [3.63, 3.8) is 0 Å². The van der Waals surface area contributed by atoms with Crippen LogP contribution in [-0.4, -0.2) is 34.4 Å². The second-order valence-electron chi connectivity index (χ2n) is 6.70. The zero-order valence-electron chi connectivity index (χ0n) is 16.2. The lowest BCUT2D eigenvalue weighted by atomic mass is 9.98. The summed E-state index contributed by atoms with van der Waals surface area (Å²) in [6, 6.07) is 11.9. The molecule has 146 valence electrons. The normalized spacial score (nSPS) is 12.0. The third kappa shape index (κ3) is 4.79. The van der Waals surface area contributed by atoms with Crippen LogP contribution in [0.2, 0.25) is 0 Å². The Morgan fingerprint density at radius 2 is 2.11 bits per heavy atom. The summed E-state index contributed by atoms with van der Waals surface area (Å²) in [4.78, 5) is 16.5. The summed E-state index contributed by atoms with van der Waals surface area (Å²) in [7, 11) is 1.64. The maximum Gasteiger partial charge on any atom is 0.153 e. The van der Waals surface area contributed by atoms with Crippen molar-refractivity contribution in [3.05, 3.63) is 65.6 Å². The molecule has 7 heteroatoms. The molecular weight excluding hydrogens is 372 g/mol.